The van der Waals surface area contributed by atoms with Crippen molar-refractivity contribution in [2.75, 3.05) is 38.6 Å². The van der Waals surface area contributed by atoms with Crippen LogP contribution in [-0.2, 0) is 17.5 Å². The van der Waals surface area contributed by atoms with Crippen molar-refractivity contribution in [3.8, 4) is 6.07 Å². The van der Waals surface area contributed by atoms with Gasteiger partial charge in [0.05, 0.1) is 17.2 Å². The van der Waals surface area contributed by atoms with Crippen LogP contribution in [0.2, 0.25) is 0 Å². The van der Waals surface area contributed by atoms with Gasteiger partial charge in [-0.15, -0.1) is 0 Å². The first-order valence-electron chi connectivity index (χ1n) is 9.98. The number of hydrogen-bond donors (Lipinski definition) is 0. The summed E-state index contributed by atoms with van der Waals surface area (Å²) in [6, 6.07) is 5.69. The molecule has 1 aromatic carbocycles. The second-order valence-electron chi connectivity index (χ2n) is 7.59. The molecule has 1 aliphatic rings. The van der Waals surface area contributed by atoms with Crippen molar-refractivity contribution in [2.45, 2.75) is 25.7 Å². The van der Waals surface area contributed by atoms with E-state index in [2.05, 4.69) is 5.10 Å². The summed E-state index contributed by atoms with van der Waals surface area (Å²) in [5.41, 5.74) is -1.07. The molecule has 0 aliphatic carbocycles. The lowest BCUT2D eigenvalue weighted by Crippen LogP contribution is -2.60. The van der Waals surface area contributed by atoms with Gasteiger partial charge in [-0.1, -0.05) is 0 Å². The van der Waals surface area contributed by atoms with Crippen LogP contribution in [0.25, 0.3) is 0 Å². The van der Waals surface area contributed by atoms with Gasteiger partial charge in [0.2, 0.25) is 5.91 Å². The zero-order chi connectivity index (χ0) is 23.6. The summed E-state index contributed by atoms with van der Waals surface area (Å²) in [7, 11) is 3.11. The van der Waals surface area contributed by atoms with E-state index in [0.717, 1.165) is 12.1 Å². The second kappa shape index (κ2) is 8.90. The number of anilines is 1. The quantitative estimate of drug-likeness (QED) is 0.716. The van der Waals surface area contributed by atoms with Crippen LogP contribution in [0.4, 0.5) is 18.9 Å². The number of rotatable bonds is 4. The Bertz CT molecular complexity index is 1060. The molecule has 1 aromatic heterocycles. The van der Waals surface area contributed by atoms with E-state index in [0.29, 0.717) is 6.54 Å². The van der Waals surface area contributed by atoms with Gasteiger partial charge in [0.15, 0.2) is 0 Å². The Kier molecular flexibility index (Phi) is 6.43. The molecule has 2 aromatic rings. The molecule has 1 unspecified atom stereocenters. The van der Waals surface area contributed by atoms with Crippen LogP contribution in [0.1, 0.15) is 28.5 Å². The molecule has 0 saturated carbocycles. The van der Waals surface area contributed by atoms with Gasteiger partial charge >= 0.3 is 6.18 Å². The van der Waals surface area contributed by atoms with E-state index >= 15 is 0 Å². The highest BCUT2D eigenvalue weighted by Gasteiger charge is 2.39. The molecule has 170 valence electrons. The fourth-order valence-electron chi connectivity index (χ4n) is 3.63. The highest BCUT2D eigenvalue weighted by Crippen LogP contribution is 2.35. The first-order valence-corrected chi connectivity index (χ1v) is 9.98. The molecule has 0 bridgehead atoms. The lowest BCUT2D eigenvalue weighted by atomic mass is 10.0. The standard InChI is InChI=1S/C21H23F3N6O2/c1-4-29-8-7-17(26-29)19(31)30-10-9-28(13-18(30)20(32)27(2)3)15-6-5-14(12-25)16(11-15)21(22,23)24/h5-8,11,18H,4,9-10,13H2,1-3H3. The smallest absolute Gasteiger partial charge is 0.367 e. The van der Waals surface area contributed by atoms with Crippen LogP contribution in [-0.4, -0.2) is 71.2 Å². The zero-order valence-corrected chi connectivity index (χ0v) is 17.9. The van der Waals surface area contributed by atoms with Crippen molar-refractivity contribution in [3.63, 3.8) is 0 Å². The molecule has 2 heterocycles. The van der Waals surface area contributed by atoms with Crippen molar-refractivity contribution in [1.82, 2.24) is 19.6 Å². The summed E-state index contributed by atoms with van der Waals surface area (Å²) in [4.78, 5) is 30.3. The average Bonchev–Trinajstić information content (AvgIpc) is 3.26. The Hall–Kier alpha value is -3.55. The number of nitrogens with zero attached hydrogens (tertiary/aromatic N) is 6. The van der Waals surface area contributed by atoms with Gasteiger partial charge in [-0.2, -0.15) is 23.5 Å². The van der Waals surface area contributed by atoms with E-state index in [1.807, 2.05) is 6.92 Å². The number of aryl methyl sites for hydroxylation is 1. The molecular weight excluding hydrogens is 425 g/mol. The van der Waals surface area contributed by atoms with Gasteiger partial charge in [-0.05, 0) is 31.2 Å². The summed E-state index contributed by atoms with van der Waals surface area (Å²) in [6.45, 7) is 2.83. The van der Waals surface area contributed by atoms with Crippen LogP contribution in [0.5, 0.6) is 0 Å². The third-order valence-corrected chi connectivity index (χ3v) is 5.34. The maximum absolute atomic E-state index is 13.4. The molecule has 0 radical (unpaired) electrons. The monoisotopic (exact) mass is 448 g/mol. The topological polar surface area (TPSA) is 85.5 Å². The third kappa shape index (κ3) is 4.54. The fourth-order valence-corrected chi connectivity index (χ4v) is 3.63. The van der Waals surface area contributed by atoms with Crippen molar-refractivity contribution in [1.29, 1.82) is 5.26 Å². The van der Waals surface area contributed by atoms with Gasteiger partial charge in [-0.3, -0.25) is 14.3 Å². The van der Waals surface area contributed by atoms with E-state index in [1.165, 1.54) is 15.9 Å². The van der Waals surface area contributed by atoms with Crippen molar-refractivity contribution in [3.05, 3.63) is 47.3 Å². The normalized spacial score (nSPS) is 16.6. The number of alkyl halides is 3. The largest absolute Gasteiger partial charge is 0.417 e. The summed E-state index contributed by atoms with van der Waals surface area (Å²) < 4.78 is 41.8. The Labute approximate surface area is 183 Å². The van der Waals surface area contributed by atoms with Gasteiger partial charge in [-0.25, -0.2) is 0 Å². The van der Waals surface area contributed by atoms with E-state index in [1.54, 1.807) is 42.0 Å². The molecule has 2 amide bonds. The minimum Gasteiger partial charge on any atom is -0.367 e. The number of halogens is 3. The van der Waals surface area contributed by atoms with E-state index in [9.17, 15) is 22.8 Å². The first-order chi connectivity index (χ1) is 15.1. The molecule has 3 rings (SSSR count). The van der Waals surface area contributed by atoms with Gasteiger partial charge in [0.25, 0.3) is 5.91 Å². The fraction of sp³-hybridized carbons (Fsp3) is 0.429. The molecule has 1 saturated heterocycles. The minimum absolute atomic E-state index is 0.0143. The number of amides is 2. The summed E-state index contributed by atoms with van der Waals surface area (Å²) >= 11 is 0. The van der Waals surface area contributed by atoms with Gasteiger partial charge in [0.1, 0.15) is 11.7 Å². The Morgan fingerprint density at radius 3 is 2.53 bits per heavy atom. The summed E-state index contributed by atoms with van der Waals surface area (Å²) in [5, 5.41) is 13.2. The van der Waals surface area contributed by atoms with Crippen LogP contribution in [0, 0.1) is 11.3 Å². The lowest BCUT2D eigenvalue weighted by molar-refractivity contribution is -0.138. The number of nitriles is 1. The number of aromatic nitrogens is 2. The van der Waals surface area contributed by atoms with E-state index in [4.69, 9.17) is 5.26 Å². The minimum atomic E-state index is -4.68. The number of likely N-dealkylation sites (N-methyl/N-ethyl adjacent to an activating group) is 1. The highest BCUT2D eigenvalue weighted by atomic mass is 19.4. The van der Waals surface area contributed by atoms with Crippen molar-refractivity contribution in [2.24, 2.45) is 0 Å². The predicted molar refractivity (Wildman–Crippen MR) is 110 cm³/mol. The predicted octanol–water partition coefficient (Wildman–Crippen LogP) is 2.21. The molecule has 8 nitrogen and oxygen atoms in total. The molecule has 1 fully saturated rings. The van der Waals surface area contributed by atoms with Crippen molar-refractivity contribution >= 4 is 17.5 Å². The Balaban J connectivity index is 1.92. The van der Waals surface area contributed by atoms with Crippen LogP contribution in [0.3, 0.4) is 0 Å². The molecule has 1 aliphatic heterocycles. The summed E-state index contributed by atoms with van der Waals surface area (Å²) in [6.07, 6.45) is -3.02. The Morgan fingerprint density at radius 2 is 1.97 bits per heavy atom. The van der Waals surface area contributed by atoms with Crippen LogP contribution < -0.4 is 4.90 Å². The molecule has 1 atom stereocenters. The molecule has 32 heavy (non-hydrogen) atoms. The van der Waals surface area contributed by atoms with E-state index < -0.39 is 29.3 Å². The number of carbonyl (C=O) groups excluding carboxylic acids is 2. The summed E-state index contributed by atoms with van der Waals surface area (Å²) in [5.74, 6) is -0.754. The number of piperazine rings is 1. The maximum atomic E-state index is 13.4. The van der Waals surface area contributed by atoms with Gasteiger partial charge in [0, 0.05) is 52.2 Å². The maximum Gasteiger partial charge on any atom is 0.417 e. The van der Waals surface area contributed by atoms with E-state index in [-0.39, 0.29) is 36.9 Å². The van der Waals surface area contributed by atoms with Gasteiger partial charge < -0.3 is 14.7 Å². The first kappa shape index (κ1) is 23.1. The van der Waals surface area contributed by atoms with Crippen molar-refractivity contribution < 1.29 is 22.8 Å². The molecule has 0 N–H and O–H groups in total. The number of benzene rings is 1. The number of carbonyl (C=O) groups is 2. The van der Waals surface area contributed by atoms with Crippen LogP contribution in [0.15, 0.2) is 30.5 Å². The lowest BCUT2D eigenvalue weighted by Gasteiger charge is -2.42. The third-order valence-electron chi connectivity index (χ3n) is 5.34. The SMILES string of the molecule is CCn1ccc(C(=O)N2CCN(c3ccc(C#N)c(C(F)(F)F)c3)CC2C(=O)N(C)C)n1. The molecular formula is C21H23F3N6O2. The molecule has 0 spiro atoms. The number of hydrogen-bond acceptors (Lipinski definition) is 5. The highest BCUT2D eigenvalue weighted by molar-refractivity contribution is 5.96. The average molecular weight is 448 g/mol. The second-order valence-corrected chi connectivity index (χ2v) is 7.59. The molecule has 11 heteroatoms. The zero-order valence-electron chi connectivity index (χ0n) is 17.9. The van der Waals surface area contributed by atoms with Crippen LogP contribution >= 0.6 is 0 Å². The Morgan fingerprint density at radius 1 is 1.25 bits per heavy atom.